The molecule has 138 valence electrons. The number of aryl methyl sites for hydroxylation is 1. The quantitative estimate of drug-likeness (QED) is 0.324. The summed E-state index contributed by atoms with van der Waals surface area (Å²) in [5, 5.41) is 15.6. The van der Waals surface area contributed by atoms with E-state index in [9.17, 15) is 0 Å². The fourth-order valence-electron chi connectivity index (χ4n) is 2.00. The molecule has 6 heteroatoms. The molecule has 1 aromatic carbocycles. The Balaban J connectivity index is 0.00000529. The number of aliphatic hydroxyl groups is 1. The Hall–Kier alpha value is -1.02. The maximum Gasteiger partial charge on any atom is 0.191 e. The van der Waals surface area contributed by atoms with E-state index in [-0.39, 0.29) is 42.6 Å². The lowest BCUT2D eigenvalue weighted by Crippen LogP contribution is -2.39. The first-order valence-corrected chi connectivity index (χ1v) is 8.35. The van der Waals surface area contributed by atoms with Crippen LogP contribution in [0, 0.1) is 12.8 Å². The van der Waals surface area contributed by atoms with Crippen molar-refractivity contribution in [2.45, 2.75) is 47.3 Å². The van der Waals surface area contributed by atoms with Crippen molar-refractivity contribution in [1.82, 2.24) is 10.6 Å². The van der Waals surface area contributed by atoms with E-state index in [1.54, 1.807) is 0 Å². The highest BCUT2D eigenvalue weighted by Gasteiger charge is 2.07. The third-order valence-electron chi connectivity index (χ3n) is 3.27. The van der Waals surface area contributed by atoms with Crippen LogP contribution in [0.2, 0.25) is 0 Å². The lowest BCUT2D eigenvalue weighted by molar-refractivity contribution is 0.238. The zero-order valence-corrected chi connectivity index (χ0v) is 17.8. The van der Waals surface area contributed by atoms with Gasteiger partial charge in [0.2, 0.25) is 0 Å². The molecule has 0 amide bonds. The highest BCUT2D eigenvalue weighted by molar-refractivity contribution is 14.0. The Bertz CT molecular complexity index is 507. The normalized spacial score (nSPS) is 12.5. The van der Waals surface area contributed by atoms with Crippen LogP contribution in [0.4, 0.5) is 0 Å². The molecular formula is C18H32IN3O2. The average Bonchev–Trinajstić information content (AvgIpc) is 2.50. The summed E-state index contributed by atoms with van der Waals surface area (Å²) in [7, 11) is 0. The van der Waals surface area contributed by atoms with Gasteiger partial charge in [0, 0.05) is 25.3 Å². The highest BCUT2D eigenvalue weighted by Crippen LogP contribution is 2.22. The fraction of sp³-hybridized carbons (Fsp3) is 0.611. The number of ether oxygens (including phenoxy) is 1. The Morgan fingerprint density at radius 3 is 2.54 bits per heavy atom. The van der Waals surface area contributed by atoms with Gasteiger partial charge in [0.1, 0.15) is 5.75 Å². The summed E-state index contributed by atoms with van der Waals surface area (Å²) >= 11 is 0. The zero-order valence-electron chi connectivity index (χ0n) is 15.4. The summed E-state index contributed by atoms with van der Waals surface area (Å²) in [4.78, 5) is 4.62. The molecule has 0 aliphatic carbocycles. The van der Waals surface area contributed by atoms with Crippen LogP contribution >= 0.6 is 24.0 Å². The van der Waals surface area contributed by atoms with Crippen molar-refractivity contribution in [3.8, 4) is 5.75 Å². The zero-order chi connectivity index (χ0) is 17.2. The van der Waals surface area contributed by atoms with Crippen LogP contribution in [0.5, 0.6) is 5.75 Å². The first kappa shape index (κ1) is 23.0. The number of benzene rings is 1. The molecule has 0 saturated carbocycles. The summed E-state index contributed by atoms with van der Waals surface area (Å²) in [6.07, 6.45) is 0.135. The van der Waals surface area contributed by atoms with Crippen molar-refractivity contribution < 1.29 is 9.84 Å². The summed E-state index contributed by atoms with van der Waals surface area (Å²) in [6, 6.07) is 6.20. The molecule has 0 fully saturated rings. The third-order valence-corrected chi connectivity index (χ3v) is 3.27. The molecule has 0 heterocycles. The molecule has 0 aliphatic heterocycles. The molecule has 0 saturated heterocycles. The second kappa shape index (κ2) is 12.4. The van der Waals surface area contributed by atoms with Gasteiger partial charge in [-0.05, 0) is 45.2 Å². The van der Waals surface area contributed by atoms with E-state index in [0.717, 1.165) is 23.8 Å². The number of nitrogens with one attached hydrogen (secondary N) is 2. The van der Waals surface area contributed by atoms with Crippen molar-refractivity contribution >= 4 is 29.9 Å². The van der Waals surface area contributed by atoms with Crippen molar-refractivity contribution in [2.75, 3.05) is 19.7 Å². The maximum absolute atomic E-state index is 9.11. The first-order chi connectivity index (χ1) is 11.0. The van der Waals surface area contributed by atoms with E-state index in [1.165, 1.54) is 5.56 Å². The molecule has 24 heavy (non-hydrogen) atoms. The fourth-order valence-corrected chi connectivity index (χ4v) is 2.00. The molecule has 0 aliphatic rings. The van der Waals surface area contributed by atoms with Gasteiger partial charge < -0.3 is 20.5 Å². The molecule has 0 bridgehead atoms. The van der Waals surface area contributed by atoms with E-state index in [2.05, 4.69) is 40.7 Å². The number of aliphatic hydroxyl groups excluding tert-OH is 1. The Kier molecular flexibility index (Phi) is 11.8. The van der Waals surface area contributed by atoms with Crippen LogP contribution in [0.25, 0.3) is 0 Å². The SMILES string of the molecule is CCNC(=NCc1ccc(C)cc1OC(C)C)NCC(C)CO.I. The third kappa shape index (κ3) is 8.73. The van der Waals surface area contributed by atoms with E-state index in [1.807, 2.05) is 27.7 Å². The topological polar surface area (TPSA) is 65.9 Å². The standard InChI is InChI=1S/C18H31N3O2.HI/c1-6-19-18(20-10-15(5)12-22)21-11-16-8-7-14(4)9-17(16)23-13(2)3;/h7-9,13,15,22H,6,10-12H2,1-5H3,(H2,19,20,21);1H. The number of rotatable bonds is 8. The van der Waals surface area contributed by atoms with Crippen LogP contribution in [0.15, 0.2) is 23.2 Å². The van der Waals surface area contributed by atoms with Gasteiger partial charge in [-0.25, -0.2) is 4.99 Å². The minimum Gasteiger partial charge on any atom is -0.491 e. The van der Waals surface area contributed by atoms with Crippen LogP contribution in [-0.4, -0.2) is 36.9 Å². The Morgan fingerprint density at radius 2 is 1.96 bits per heavy atom. The number of hydrogen-bond acceptors (Lipinski definition) is 3. The number of hydrogen-bond donors (Lipinski definition) is 3. The average molecular weight is 449 g/mol. The summed E-state index contributed by atoms with van der Waals surface area (Å²) in [5.41, 5.74) is 2.24. The van der Waals surface area contributed by atoms with Crippen molar-refractivity contribution in [1.29, 1.82) is 0 Å². The van der Waals surface area contributed by atoms with Crippen molar-refractivity contribution in [3.05, 3.63) is 29.3 Å². The lowest BCUT2D eigenvalue weighted by Gasteiger charge is -2.16. The van der Waals surface area contributed by atoms with E-state index in [0.29, 0.717) is 13.1 Å². The van der Waals surface area contributed by atoms with Gasteiger partial charge >= 0.3 is 0 Å². The molecule has 1 atom stereocenters. The minimum atomic E-state index is 0. The van der Waals surface area contributed by atoms with E-state index in [4.69, 9.17) is 9.84 Å². The summed E-state index contributed by atoms with van der Waals surface area (Å²) in [5.74, 6) is 1.84. The second-order valence-corrected chi connectivity index (χ2v) is 6.14. The van der Waals surface area contributed by atoms with Crippen molar-refractivity contribution in [3.63, 3.8) is 0 Å². The number of guanidine groups is 1. The van der Waals surface area contributed by atoms with Gasteiger partial charge in [0.25, 0.3) is 0 Å². The Labute approximate surface area is 163 Å². The first-order valence-electron chi connectivity index (χ1n) is 8.35. The van der Waals surface area contributed by atoms with Crippen molar-refractivity contribution in [2.24, 2.45) is 10.9 Å². The van der Waals surface area contributed by atoms with E-state index >= 15 is 0 Å². The largest absolute Gasteiger partial charge is 0.491 e. The molecule has 0 spiro atoms. The number of halogens is 1. The molecule has 3 N–H and O–H groups in total. The smallest absolute Gasteiger partial charge is 0.191 e. The molecule has 1 aromatic rings. The Morgan fingerprint density at radius 1 is 1.25 bits per heavy atom. The lowest BCUT2D eigenvalue weighted by atomic mass is 10.1. The summed E-state index contributed by atoms with van der Waals surface area (Å²) < 4.78 is 5.89. The van der Waals surface area contributed by atoms with Crippen LogP contribution in [0.3, 0.4) is 0 Å². The molecule has 5 nitrogen and oxygen atoms in total. The monoisotopic (exact) mass is 449 g/mol. The minimum absolute atomic E-state index is 0. The molecular weight excluding hydrogens is 417 g/mol. The molecule has 1 rings (SSSR count). The van der Waals surface area contributed by atoms with Gasteiger partial charge in [-0.3, -0.25) is 0 Å². The van der Waals surface area contributed by atoms with E-state index < -0.39 is 0 Å². The van der Waals surface area contributed by atoms with Crippen LogP contribution < -0.4 is 15.4 Å². The molecule has 0 aromatic heterocycles. The highest BCUT2D eigenvalue weighted by atomic mass is 127. The molecule has 0 radical (unpaired) electrons. The maximum atomic E-state index is 9.11. The number of nitrogens with zero attached hydrogens (tertiary/aromatic N) is 1. The van der Waals surface area contributed by atoms with Crippen LogP contribution in [-0.2, 0) is 6.54 Å². The van der Waals surface area contributed by atoms with Gasteiger partial charge in [-0.15, -0.1) is 24.0 Å². The molecule has 1 unspecified atom stereocenters. The predicted molar refractivity (Wildman–Crippen MR) is 111 cm³/mol. The van der Waals surface area contributed by atoms with Crippen LogP contribution in [0.1, 0.15) is 38.8 Å². The second-order valence-electron chi connectivity index (χ2n) is 6.14. The predicted octanol–water partition coefficient (Wildman–Crippen LogP) is 3.08. The summed E-state index contributed by atoms with van der Waals surface area (Å²) in [6.45, 7) is 12.3. The van der Waals surface area contributed by atoms with Gasteiger partial charge in [-0.1, -0.05) is 19.1 Å². The van der Waals surface area contributed by atoms with Gasteiger partial charge in [0.05, 0.1) is 12.6 Å². The number of aliphatic imine (C=N–C) groups is 1. The van der Waals surface area contributed by atoms with Gasteiger partial charge in [-0.2, -0.15) is 0 Å². The van der Waals surface area contributed by atoms with Gasteiger partial charge in [0.15, 0.2) is 5.96 Å².